The number of nitrogens with zero attached hydrogens (tertiary/aromatic N) is 8. The van der Waals surface area contributed by atoms with E-state index in [0.717, 1.165) is 135 Å². The van der Waals surface area contributed by atoms with Gasteiger partial charge in [-0.15, -0.1) is 0 Å². The molecule has 4 saturated heterocycles. The lowest BCUT2D eigenvalue weighted by molar-refractivity contribution is 0.101. The second kappa shape index (κ2) is 50.8. The lowest BCUT2D eigenvalue weighted by Crippen LogP contribution is -2.35. The van der Waals surface area contributed by atoms with Crippen LogP contribution in [0.1, 0.15) is 199 Å². The Bertz CT molecular complexity index is 5710. The lowest BCUT2D eigenvalue weighted by atomic mass is 10.1. The normalized spacial score (nSPS) is 12.7. The van der Waals surface area contributed by atoms with Gasteiger partial charge in [0.05, 0.1) is 55.0 Å². The van der Waals surface area contributed by atoms with Crippen molar-refractivity contribution >= 4 is 172 Å². The number of hydrogen-bond donors (Lipinski definition) is 12. The number of pyridine rings is 4. The Morgan fingerprint density at radius 3 is 0.634 bits per heavy atom. The molecule has 0 unspecified atom stereocenters. The van der Waals surface area contributed by atoms with Crippen molar-refractivity contribution in [2.24, 2.45) is 0 Å². The quantitative estimate of drug-likeness (QED) is 0.0249. The van der Waals surface area contributed by atoms with Gasteiger partial charge in [0.25, 0.3) is 47.3 Å². The van der Waals surface area contributed by atoms with Crippen LogP contribution in [0.4, 0.5) is 46.0 Å². The zero-order valence-electron chi connectivity index (χ0n) is 70.5. The second-order valence-corrected chi connectivity index (χ2v) is 33.2. The SMILES string of the molecule is C.C.C.C.N=C(c1ccc(C(=O)Nc2ccccc2C(=O)Nc2ccc(Br)cn2)cc1)N1CCCC1.N=C(c1ccc(C(=O)Nc2ccccc2C(=O)Nc2ccc(Br)cn2)cc1)N1CCCCC1.N=C(c1ccc(C(=O)Nc2ccccc2C(=O)Nc2ccc(Cl)cn2)cc1)N1CCCC1.N=C(c1ccc(C(=O)Nc2ccccc2C(=O)Nc2ccc(Cl)cn2)cc1)N1CCCCC1. The molecule has 28 nitrogen and oxygen atoms in total. The van der Waals surface area contributed by atoms with E-state index in [9.17, 15) is 38.4 Å². The lowest BCUT2D eigenvalue weighted by Gasteiger charge is -2.29. The maximum Gasteiger partial charge on any atom is 0.258 e. The van der Waals surface area contributed by atoms with Gasteiger partial charge >= 0.3 is 0 Å². The first kappa shape index (κ1) is 103. The van der Waals surface area contributed by atoms with Crippen molar-refractivity contribution in [1.29, 1.82) is 21.6 Å². The fourth-order valence-corrected chi connectivity index (χ4v) is 15.1. The summed E-state index contributed by atoms with van der Waals surface area (Å²) in [6, 6.07) is 68.4. The van der Waals surface area contributed by atoms with Gasteiger partial charge in [-0.3, -0.25) is 60.0 Å². The van der Waals surface area contributed by atoms with Gasteiger partial charge in [-0.25, -0.2) is 19.9 Å². The first-order valence-corrected chi connectivity index (χ1v) is 44.5. The number of amidine groups is 4. The van der Waals surface area contributed by atoms with Crippen LogP contribution in [-0.4, -0.2) is 162 Å². The van der Waals surface area contributed by atoms with Crippen LogP contribution < -0.4 is 42.5 Å². The topological polar surface area (TPSA) is 393 Å². The fourth-order valence-electron chi connectivity index (χ4n) is 14.4. The average Bonchev–Trinajstić information content (AvgIpc) is 0.937. The van der Waals surface area contributed by atoms with Gasteiger partial charge in [-0.05, 0) is 242 Å². The molecule has 16 rings (SSSR count). The van der Waals surface area contributed by atoms with Crippen LogP contribution in [0.25, 0.3) is 0 Å². The summed E-state index contributed by atoms with van der Waals surface area (Å²) in [7, 11) is 0. The number of benzene rings is 8. The minimum atomic E-state index is -0.398. The molecule has 0 atom stereocenters. The van der Waals surface area contributed by atoms with Crippen molar-refractivity contribution in [2.75, 3.05) is 94.9 Å². The monoisotopic (exact) mass is 1970 g/mol. The van der Waals surface area contributed by atoms with E-state index in [-0.39, 0.29) is 65.1 Å². The van der Waals surface area contributed by atoms with Gasteiger partial charge in [0.1, 0.15) is 46.6 Å². The number of likely N-dealkylation sites (tertiary alicyclic amines) is 4. The van der Waals surface area contributed by atoms with E-state index in [1.807, 2.05) is 9.80 Å². The number of hydrogen-bond acceptors (Lipinski definition) is 16. The van der Waals surface area contributed by atoms with Crippen LogP contribution in [0.5, 0.6) is 0 Å². The van der Waals surface area contributed by atoms with E-state index < -0.39 is 11.8 Å². The number of aromatic nitrogens is 4. The molecule has 4 aromatic heterocycles. The highest BCUT2D eigenvalue weighted by molar-refractivity contribution is 9.10. The molecule has 0 saturated carbocycles. The number of piperidine rings is 2. The van der Waals surface area contributed by atoms with Crippen molar-refractivity contribution in [1.82, 2.24) is 39.5 Å². The summed E-state index contributed by atoms with van der Waals surface area (Å²) in [4.78, 5) is 127. The first-order chi connectivity index (χ1) is 63.0. The Balaban J connectivity index is 0.000000199. The summed E-state index contributed by atoms with van der Waals surface area (Å²) in [6.45, 7) is 7.17. The van der Waals surface area contributed by atoms with E-state index in [1.165, 1.54) is 25.2 Å². The van der Waals surface area contributed by atoms with E-state index >= 15 is 0 Å². The van der Waals surface area contributed by atoms with Gasteiger partial charge in [0, 0.05) is 131 Å². The molecule has 12 N–H and O–H groups in total. The summed E-state index contributed by atoms with van der Waals surface area (Å²) in [5, 5.41) is 56.6. The van der Waals surface area contributed by atoms with Crippen LogP contribution >= 0.6 is 55.1 Å². The largest absolute Gasteiger partial charge is 0.357 e. The standard InChI is InChI=1S/C25H24BrN5O2.C25H24ClN5O2.C24H22BrN5O2.C24H22ClN5O2.4CH4/c2*26-19-12-13-22(28-16-19)30-25(33)20-6-2-3-7-21(20)29-24(32)18-10-8-17(9-11-18)23(27)31-14-4-1-5-15-31;2*25-18-11-12-21(27-15-18)29-24(32)19-5-1-2-6-20(19)28-23(31)17-9-7-16(8-10-17)22(26)30-13-3-4-14-30;;;;/h2*2-3,6-13,16,27H,1,4-5,14-15H2,(H,29,32)(H,28,30,33);2*1-2,5-12,15,26H,3-4,13-14H2,(H,28,31)(H,27,29,32);4*1H4. The van der Waals surface area contributed by atoms with Crippen LogP contribution in [0, 0.1) is 21.6 Å². The number of nitrogens with one attached hydrogen (secondary N) is 12. The highest BCUT2D eigenvalue weighted by Crippen LogP contribution is 2.28. The van der Waals surface area contributed by atoms with Crippen LogP contribution in [0.3, 0.4) is 0 Å². The molecule has 134 heavy (non-hydrogen) atoms. The Labute approximate surface area is 807 Å². The molecule has 0 radical (unpaired) electrons. The fraction of sp³-hybridized carbons (Fsp3) is 0.216. The molecular weight excluding hydrogens is 1860 g/mol. The summed E-state index contributed by atoms with van der Waals surface area (Å²) in [5.74, 6) is 0.618. The molecule has 4 aliphatic rings. The molecule has 0 aliphatic carbocycles. The Morgan fingerprint density at radius 2 is 0.433 bits per heavy atom. The van der Waals surface area contributed by atoms with Crippen molar-refractivity contribution in [3.8, 4) is 0 Å². The van der Waals surface area contributed by atoms with Gasteiger partial charge in [-0.2, -0.15) is 0 Å². The number of para-hydroxylation sites is 4. The summed E-state index contributed by atoms with van der Waals surface area (Å²) in [6.07, 6.45) is 17.3. The Hall–Kier alpha value is -14.5. The molecule has 692 valence electrons. The number of anilines is 8. The molecule has 8 heterocycles. The maximum absolute atomic E-state index is 12.8. The summed E-state index contributed by atoms with van der Waals surface area (Å²) >= 11 is 18.3. The van der Waals surface area contributed by atoms with Crippen molar-refractivity contribution in [2.45, 2.75) is 93.9 Å². The molecule has 8 aromatic carbocycles. The number of rotatable bonds is 20. The van der Waals surface area contributed by atoms with Crippen molar-refractivity contribution < 1.29 is 38.4 Å². The third kappa shape index (κ3) is 28.8. The van der Waals surface area contributed by atoms with E-state index in [0.29, 0.717) is 124 Å². The van der Waals surface area contributed by atoms with Crippen molar-refractivity contribution in [3.05, 3.63) is 353 Å². The zero-order valence-corrected chi connectivity index (χ0v) is 75.2. The highest BCUT2D eigenvalue weighted by Gasteiger charge is 2.25. The minimum absolute atomic E-state index is 0. The zero-order chi connectivity index (χ0) is 91.4. The molecule has 4 aliphatic heterocycles. The van der Waals surface area contributed by atoms with E-state index in [4.69, 9.17) is 44.8 Å². The smallest absolute Gasteiger partial charge is 0.258 e. The molecule has 0 bridgehead atoms. The van der Waals surface area contributed by atoms with Gasteiger partial charge < -0.3 is 62.1 Å². The third-order valence-electron chi connectivity index (χ3n) is 21.4. The van der Waals surface area contributed by atoms with Gasteiger partial charge in [0.2, 0.25) is 0 Å². The Kier molecular flexibility index (Phi) is 39.2. The van der Waals surface area contributed by atoms with Crippen molar-refractivity contribution in [3.63, 3.8) is 0 Å². The predicted octanol–water partition coefficient (Wildman–Crippen LogP) is 22.2. The predicted molar refractivity (Wildman–Crippen MR) is 544 cm³/mol. The summed E-state index contributed by atoms with van der Waals surface area (Å²) < 4.78 is 1.62. The van der Waals surface area contributed by atoms with Crippen LogP contribution in [-0.2, 0) is 0 Å². The minimum Gasteiger partial charge on any atom is -0.357 e. The van der Waals surface area contributed by atoms with E-state index in [1.54, 1.807) is 255 Å². The van der Waals surface area contributed by atoms with Gasteiger partial charge in [0.15, 0.2) is 0 Å². The number of halogens is 4. The Morgan fingerprint density at radius 1 is 0.239 bits per heavy atom. The third-order valence-corrected chi connectivity index (χ3v) is 22.8. The average molecular weight is 1970 g/mol. The first-order valence-electron chi connectivity index (χ1n) is 42.1. The molecule has 12 aromatic rings. The molecule has 4 fully saturated rings. The number of carbonyl (C=O) groups is 8. The maximum atomic E-state index is 12.8. The number of carbonyl (C=O) groups excluding carboxylic acids is 8. The highest BCUT2D eigenvalue weighted by atomic mass is 79.9. The number of amides is 8. The molecule has 0 spiro atoms. The molecule has 32 heteroatoms. The van der Waals surface area contributed by atoms with E-state index in [2.05, 4.69) is 104 Å². The summed E-state index contributed by atoms with van der Waals surface area (Å²) in [5.41, 5.74) is 7.79. The molecule has 8 amide bonds. The van der Waals surface area contributed by atoms with Crippen LogP contribution in [0.15, 0.2) is 276 Å². The van der Waals surface area contributed by atoms with Crippen LogP contribution in [0.2, 0.25) is 10.0 Å². The van der Waals surface area contributed by atoms with Gasteiger partial charge in [-0.1, -0.05) is 150 Å². The molecular formula is C102H108Br2Cl2N20O8. The second-order valence-electron chi connectivity index (χ2n) is 30.4.